The molecular formula is C11H12ClNO2. The van der Waals surface area contributed by atoms with Crippen molar-refractivity contribution in [3.05, 3.63) is 23.8 Å². The van der Waals surface area contributed by atoms with E-state index >= 15 is 0 Å². The van der Waals surface area contributed by atoms with Gasteiger partial charge in [-0.05, 0) is 24.6 Å². The van der Waals surface area contributed by atoms with E-state index in [1.807, 2.05) is 12.1 Å². The molecule has 3 nitrogen and oxygen atoms in total. The first kappa shape index (κ1) is 11.7. The lowest BCUT2D eigenvalue weighted by molar-refractivity contribution is 0.260. The molecule has 0 spiro atoms. The van der Waals surface area contributed by atoms with Gasteiger partial charge < -0.3 is 9.47 Å². The summed E-state index contributed by atoms with van der Waals surface area (Å²) in [5.74, 6) is 1.57. The van der Waals surface area contributed by atoms with E-state index in [9.17, 15) is 0 Å². The number of hydrogen-bond donors (Lipinski definition) is 0. The molecule has 0 aliphatic heterocycles. The minimum atomic E-state index is -0.499. The summed E-state index contributed by atoms with van der Waals surface area (Å²) in [7, 11) is 1.55. The van der Waals surface area contributed by atoms with Gasteiger partial charge in [-0.25, -0.2) is 0 Å². The van der Waals surface area contributed by atoms with E-state index in [4.69, 9.17) is 26.3 Å². The third-order valence-electron chi connectivity index (χ3n) is 1.87. The molecule has 1 aromatic rings. The minimum Gasteiger partial charge on any atom is -0.493 e. The second kappa shape index (κ2) is 5.47. The molecule has 1 aromatic carbocycles. The Hall–Kier alpha value is -1.40. The second-order valence-electron chi connectivity index (χ2n) is 3.01. The summed E-state index contributed by atoms with van der Waals surface area (Å²) < 4.78 is 10.5. The first-order valence-electron chi connectivity index (χ1n) is 4.50. The molecule has 1 rings (SSSR count). The Kier molecular flexibility index (Phi) is 4.26. The van der Waals surface area contributed by atoms with Crippen molar-refractivity contribution in [1.82, 2.24) is 0 Å². The van der Waals surface area contributed by atoms with Gasteiger partial charge in [0.05, 0.1) is 7.11 Å². The number of halogens is 1. The number of ether oxygens (including phenoxy) is 2. The van der Waals surface area contributed by atoms with Crippen LogP contribution < -0.4 is 9.47 Å². The summed E-state index contributed by atoms with van der Waals surface area (Å²) in [5, 5.41) is 8.62. The highest BCUT2D eigenvalue weighted by Crippen LogP contribution is 2.29. The van der Waals surface area contributed by atoms with Crippen LogP contribution in [0, 0.1) is 11.3 Å². The van der Waals surface area contributed by atoms with E-state index in [2.05, 4.69) is 0 Å². The lowest BCUT2D eigenvalue weighted by Gasteiger charge is -2.12. The van der Waals surface area contributed by atoms with Crippen molar-refractivity contribution in [3.8, 4) is 17.6 Å². The molecule has 0 saturated heterocycles. The number of methoxy groups -OCH3 is 1. The van der Waals surface area contributed by atoms with Crippen LogP contribution in [0.2, 0.25) is 0 Å². The van der Waals surface area contributed by atoms with E-state index in [1.165, 1.54) is 0 Å². The van der Waals surface area contributed by atoms with Crippen molar-refractivity contribution in [2.75, 3.05) is 7.11 Å². The molecule has 0 bridgehead atoms. The number of rotatable bonds is 4. The quantitative estimate of drug-likeness (QED) is 0.740. The third-order valence-corrected chi connectivity index (χ3v) is 2.18. The summed E-state index contributed by atoms with van der Waals surface area (Å²) in [6.45, 7) is 1.68. The van der Waals surface area contributed by atoms with Gasteiger partial charge in [0.15, 0.2) is 17.6 Å². The average molecular weight is 226 g/mol. The number of hydrogen-bond acceptors (Lipinski definition) is 3. The Labute approximate surface area is 94.2 Å². The smallest absolute Gasteiger partial charge is 0.181 e. The van der Waals surface area contributed by atoms with Crippen LogP contribution in [-0.2, 0) is 5.88 Å². The molecule has 0 heterocycles. The molecule has 0 saturated carbocycles. The third kappa shape index (κ3) is 3.03. The predicted octanol–water partition coefficient (Wildman–Crippen LogP) is 2.72. The van der Waals surface area contributed by atoms with Crippen molar-refractivity contribution in [1.29, 1.82) is 5.26 Å². The highest BCUT2D eigenvalue weighted by atomic mass is 35.5. The van der Waals surface area contributed by atoms with Crippen LogP contribution in [0.4, 0.5) is 0 Å². The molecule has 80 valence electrons. The van der Waals surface area contributed by atoms with Crippen molar-refractivity contribution in [2.45, 2.75) is 18.9 Å². The van der Waals surface area contributed by atoms with Crippen molar-refractivity contribution < 1.29 is 9.47 Å². The lowest BCUT2D eigenvalue weighted by atomic mass is 10.2. The fraction of sp³-hybridized carbons (Fsp3) is 0.364. The number of benzene rings is 1. The largest absolute Gasteiger partial charge is 0.493 e. The Morgan fingerprint density at radius 1 is 1.47 bits per heavy atom. The first-order valence-corrected chi connectivity index (χ1v) is 5.04. The van der Waals surface area contributed by atoms with Gasteiger partial charge in [0.1, 0.15) is 6.07 Å². The summed E-state index contributed by atoms with van der Waals surface area (Å²) >= 11 is 5.69. The maximum Gasteiger partial charge on any atom is 0.181 e. The van der Waals surface area contributed by atoms with Gasteiger partial charge >= 0.3 is 0 Å². The van der Waals surface area contributed by atoms with Gasteiger partial charge in [-0.3, -0.25) is 0 Å². The number of alkyl halides is 1. The van der Waals surface area contributed by atoms with E-state index in [0.29, 0.717) is 17.4 Å². The summed E-state index contributed by atoms with van der Waals surface area (Å²) in [5.41, 5.74) is 0.950. The molecule has 0 amide bonds. The lowest BCUT2D eigenvalue weighted by Crippen LogP contribution is -2.09. The van der Waals surface area contributed by atoms with E-state index in [-0.39, 0.29) is 0 Å². The maximum atomic E-state index is 8.62. The van der Waals surface area contributed by atoms with Crippen LogP contribution in [0.15, 0.2) is 18.2 Å². The standard InChI is InChI=1S/C11H12ClNO2/c1-8(7-13)15-10-4-3-9(6-12)5-11(10)14-2/h3-5,8H,6H2,1-2H3. The Morgan fingerprint density at radius 2 is 2.20 bits per heavy atom. The van der Waals surface area contributed by atoms with Crippen molar-refractivity contribution in [3.63, 3.8) is 0 Å². The average Bonchev–Trinajstić information content (AvgIpc) is 2.29. The molecule has 0 fully saturated rings. The normalized spacial score (nSPS) is 11.6. The van der Waals surface area contributed by atoms with Crippen molar-refractivity contribution >= 4 is 11.6 Å². The maximum absolute atomic E-state index is 8.62. The molecule has 0 aromatic heterocycles. The summed E-state index contributed by atoms with van der Waals surface area (Å²) in [4.78, 5) is 0. The van der Waals surface area contributed by atoms with E-state index in [0.717, 1.165) is 5.56 Å². The highest BCUT2D eigenvalue weighted by Gasteiger charge is 2.08. The minimum absolute atomic E-state index is 0.421. The van der Waals surface area contributed by atoms with Crippen LogP contribution >= 0.6 is 11.6 Å². The predicted molar refractivity (Wildman–Crippen MR) is 58.3 cm³/mol. The van der Waals surface area contributed by atoms with Gasteiger partial charge in [-0.1, -0.05) is 6.07 Å². The molecule has 0 aliphatic carbocycles. The summed E-state index contributed by atoms with van der Waals surface area (Å²) in [6.07, 6.45) is -0.499. The molecular weight excluding hydrogens is 214 g/mol. The second-order valence-corrected chi connectivity index (χ2v) is 3.28. The Bertz CT molecular complexity index is 373. The van der Waals surface area contributed by atoms with Crippen LogP contribution in [0.5, 0.6) is 11.5 Å². The topological polar surface area (TPSA) is 42.2 Å². The van der Waals surface area contributed by atoms with E-state index < -0.39 is 6.10 Å². The molecule has 1 atom stereocenters. The zero-order valence-electron chi connectivity index (χ0n) is 8.66. The molecule has 15 heavy (non-hydrogen) atoms. The summed E-state index contributed by atoms with van der Waals surface area (Å²) in [6, 6.07) is 7.38. The Balaban J connectivity index is 2.93. The molecule has 1 unspecified atom stereocenters. The van der Waals surface area contributed by atoms with E-state index in [1.54, 1.807) is 26.2 Å². The van der Waals surface area contributed by atoms with Gasteiger partial charge in [0.2, 0.25) is 0 Å². The van der Waals surface area contributed by atoms with Crippen LogP contribution in [-0.4, -0.2) is 13.2 Å². The first-order chi connectivity index (χ1) is 7.21. The SMILES string of the molecule is COc1cc(CCl)ccc1OC(C)C#N. The molecule has 4 heteroatoms. The van der Waals surface area contributed by atoms with Crippen LogP contribution in [0.25, 0.3) is 0 Å². The van der Waals surface area contributed by atoms with Crippen LogP contribution in [0.1, 0.15) is 12.5 Å². The zero-order chi connectivity index (χ0) is 11.3. The monoisotopic (exact) mass is 225 g/mol. The van der Waals surface area contributed by atoms with Gasteiger partial charge in [0, 0.05) is 5.88 Å². The zero-order valence-corrected chi connectivity index (χ0v) is 9.41. The fourth-order valence-electron chi connectivity index (χ4n) is 1.11. The highest BCUT2D eigenvalue weighted by molar-refractivity contribution is 6.17. The molecule has 0 N–H and O–H groups in total. The fourth-order valence-corrected chi connectivity index (χ4v) is 1.28. The Morgan fingerprint density at radius 3 is 2.73 bits per heavy atom. The number of nitriles is 1. The van der Waals surface area contributed by atoms with Crippen molar-refractivity contribution in [2.24, 2.45) is 0 Å². The number of nitrogens with zero attached hydrogens (tertiary/aromatic N) is 1. The van der Waals surface area contributed by atoms with Crippen LogP contribution in [0.3, 0.4) is 0 Å². The van der Waals surface area contributed by atoms with Gasteiger partial charge in [0.25, 0.3) is 0 Å². The van der Waals surface area contributed by atoms with Gasteiger partial charge in [-0.15, -0.1) is 11.6 Å². The van der Waals surface area contributed by atoms with Gasteiger partial charge in [-0.2, -0.15) is 5.26 Å². The molecule has 0 radical (unpaired) electrons. The molecule has 0 aliphatic rings.